The van der Waals surface area contributed by atoms with Gasteiger partial charge in [-0.15, -0.1) is 0 Å². The van der Waals surface area contributed by atoms with Crippen LogP contribution in [0.3, 0.4) is 0 Å². The Kier molecular flexibility index (Phi) is 6.46. The van der Waals surface area contributed by atoms with Gasteiger partial charge in [0.15, 0.2) is 0 Å². The van der Waals surface area contributed by atoms with Crippen molar-refractivity contribution in [2.75, 3.05) is 13.2 Å². The predicted molar refractivity (Wildman–Crippen MR) is 44.6 cm³/mol. The zero-order valence-corrected chi connectivity index (χ0v) is 6.99. The molecule has 0 aromatic heterocycles. The van der Waals surface area contributed by atoms with Crippen molar-refractivity contribution in [2.24, 2.45) is 0 Å². The van der Waals surface area contributed by atoms with Crippen LogP contribution in [0.25, 0.3) is 0 Å². The first kappa shape index (κ1) is 10.8. The summed E-state index contributed by atoms with van der Waals surface area (Å²) in [6.45, 7) is 4.10. The van der Waals surface area contributed by atoms with Crippen LogP contribution in [0.15, 0.2) is 0 Å². The molecule has 0 aliphatic rings. The number of aliphatic hydroxyl groups is 1. The molecule has 0 amide bonds. The quantitative estimate of drug-likeness (QED) is 0.525. The van der Waals surface area contributed by atoms with Gasteiger partial charge < -0.3 is 0 Å². The van der Waals surface area contributed by atoms with E-state index in [-0.39, 0.29) is 18.8 Å². The summed E-state index contributed by atoms with van der Waals surface area (Å²) in [4.78, 5) is 0. The minimum absolute atomic E-state index is 0.0268. The summed E-state index contributed by atoms with van der Waals surface area (Å²) in [5, 5.41) is 8.58. The molecule has 1 radical (unpaired) electrons. The Morgan fingerprint density at radius 3 is 2.55 bits per heavy atom. The SMILES string of the molecule is [B]=BOC(C)COC(C)CO. The first-order valence-electron chi connectivity index (χ1n) is 3.62. The summed E-state index contributed by atoms with van der Waals surface area (Å²) in [5.74, 6) is 0. The van der Waals surface area contributed by atoms with E-state index >= 15 is 0 Å². The number of aliphatic hydroxyl groups excluding tert-OH is 1. The fourth-order valence-corrected chi connectivity index (χ4v) is 0.526. The van der Waals surface area contributed by atoms with Crippen molar-refractivity contribution in [1.29, 1.82) is 0 Å². The van der Waals surface area contributed by atoms with Gasteiger partial charge in [-0.05, 0) is 0 Å². The van der Waals surface area contributed by atoms with Crippen LogP contribution >= 0.6 is 0 Å². The first-order chi connectivity index (χ1) is 5.20. The van der Waals surface area contributed by atoms with Gasteiger partial charge in [0.2, 0.25) is 0 Å². The molecule has 0 bridgehead atoms. The molecule has 2 unspecified atom stereocenters. The average molecular weight is 155 g/mol. The standard InChI is InChI=1S/C6H13B2O3/c1-5(3-9)10-4-6(2)11-8-7/h5-6,9H,3-4H2,1-2H3. The van der Waals surface area contributed by atoms with Gasteiger partial charge in [-0.2, -0.15) is 0 Å². The third kappa shape index (κ3) is 6.26. The minimum atomic E-state index is -0.140. The van der Waals surface area contributed by atoms with E-state index in [1.54, 1.807) is 6.92 Å². The third-order valence-electron chi connectivity index (χ3n) is 1.18. The first-order valence-corrected chi connectivity index (χ1v) is 3.62. The van der Waals surface area contributed by atoms with Crippen molar-refractivity contribution in [3.05, 3.63) is 0 Å². The van der Waals surface area contributed by atoms with Crippen molar-refractivity contribution in [2.45, 2.75) is 26.1 Å². The van der Waals surface area contributed by atoms with Crippen LogP contribution in [0, 0.1) is 0 Å². The molecule has 3 nitrogen and oxygen atoms in total. The topological polar surface area (TPSA) is 38.7 Å². The van der Waals surface area contributed by atoms with Crippen LogP contribution in [0.1, 0.15) is 13.8 Å². The van der Waals surface area contributed by atoms with E-state index in [4.69, 9.17) is 21.9 Å². The van der Waals surface area contributed by atoms with Gasteiger partial charge in [-0.25, -0.2) is 0 Å². The summed E-state index contributed by atoms with van der Waals surface area (Å²) < 4.78 is 10.0. The molecule has 2 atom stereocenters. The maximum atomic E-state index is 8.58. The van der Waals surface area contributed by atoms with Gasteiger partial charge in [0.1, 0.15) is 0 Å². The molecule has 0 spiro atoms. The maximum absolute atomic E-state index is 8.58. The van der Waals surface area contributed by atoms with Crippen molar-refractivity contribution in [1.82, 2.24) is 0 Å². The second kappa shape index (κ2) is 6.55. The molecule has 0 saturated carbocycles. The van der Waals surface area contributed by atoms with E-state index < -0.39 is 0 Å². The van der Waals surface area contributed by atoms with Crippen molar-refractivity contribution in [3.63, 3.8) is 0 Å². The fourth-order valence-electron chi connectivity index (χ4n) is 0.526. The van der Waals surface area contributed by atoms with Gasteiger partial charge in [0, 0.05) is 0 Å². The van der Waals surface area contributed by atoms with Crippen LogP contribution in [0.2, 0.25) is 0 Å². The molecule has 1 N–H and O–H groups in total. The number of hydrogen-bond acceptors (Lipinski definition) is 3. The van der Waals surface area contributed by atoms with Crippen molar-refractivity contribution >= 4 is 14.4 Å². The molecule has 0 heterocycles. The molecule has 0 aliphatic heterocycles. The number of hydrogen-bond donors (Lipinski definition) is 1. The molecule has 0 aromatic rings. The number of rotatable bonds is 6. The molecule has 0 aromatic carbocycles. The average Bonchev–Trinajstić information content (AvgIpc) is 2.01. The van der Waals surface area contributed by atoms with Gasteiger partial charge in [0.25, 0.3) is 0 Å². The van der Waals surface area contributed by atoms with E-state index in [9.17, 15) is 0 Å². The molecule has 0 aliphatic carbocycles. The van der Waals surface area contributed by atoms with Crippen molar-refractivity contribution in [3.8, 4) is 0 Å². The number of ether oxygens (including phenoxy) is 1. The Morgan fingerprint density at radius 1 is 1.45 bits per heavy atom. The predicted octanol–water partition coefficient (Wildman–Crippen LogP) is -0.508. The normalized spacial score (nSPS) is 15.1. The van der Waals surface area contributed by atoms with E-state index in [2.05, 4.69) is 0 Å². The zero-order valence-electron chi connectivity index (χ0n) is 6.99. The summed E-state index contributed by atoms with van der Waals surface area (Å²) in [6.07, 6.45) is -0.201. The van der Waals surface area contributed by atoms with E-state index in [0.717, 1.165) is 7.00 Å². The molecule has 61 valence electrons. The van der Waals surface area contributed by atoms with E-state index in [1.165, 1.54) is 0 Å². The summed E-state index contributed by atoms with van der Waals surface area (Å²) in [7, 11) is 6.15. The third-order valence-corrected chi connectivity index (χ3v) is 1.18. The molecule has 11 heavy (non-hydrogen) atoms. The van der Waals surface area contributed by atoms with Crippen LogP contribution in [-0.4, -0.2) is 44.9 Å². The Hall–Kier alpha value is -0.150. The molecule has 0 rings (SSSR count). The van der Waals surface area contributed by atoms with Crippen LogP contribution in [0.5, 0.6) is 0 Å². The molecular weight excluding hydrogens is 142 g/mol. The molecule has 0 saturated heterocycles. The van der Waals surface area contributed by atoms with E-state index in [0.29, 0.717) is 6.61 Å². The second-order valence-electron chi connectivity index (χ2n) is 2.41. The Morgan fingerprint density at radius 2 is 2.09 bits per heavy atom. The van der Waals surface area contributed by atoms with Gasteiger partial charge in [-0.1, -0.05) is 0 Å². The van der Waals surface area contributed by atoms with Crippen LogP contribution in [0.4, 0.5) is 0 Å². The summed E-state index contributed by atoms with van der Waals surface area (Å²) in [5.41, 5.74) is 0. The Balaban J connectivity index is 3.29. The Bertz CT molecular complexity index is 110. The molecule has 0 fully saturated rings. The van der Waals surface area contributed by atoms with Gasteiger partial charge in [-0.3, -0.25) is 0 Å². The van der Waals surface area contributed by atoms with Crippen LogP contribution < -0.4 is 0 Å². The fraction of sp³-hybridized carbons (Fsp3) is 1.00. The molecular formula is C6H13B2O3. The monoisotopic (exact) mass is 155 g/mol. The molecule has 5 heteroatoms. The van der Waals surface area contributed by atoms with Crippen molar-refractivity contribution < 1.29 is 14.5 Å². The van der Waals surface area contributed by atoms with Crippen LogP contribution in [-0.2, 0) is 9.39 Å². The van der Waals surface area contributed by atoms with Gasteiger partial charge >= 0.3 is 68.1 Å². The second-order valence-corrected chi connectivity index (χ2v) is 2.41. The van der Waals surface area contributed by atoms with E-state index in [1.807, 2.05) is 6.92 Å². The summed E-state index contributed by atoms with van der Waals surface area (Å²) >= 11 is 0. The Labute approximate surface area is 69.0 Å². The van der Waals surface area contributed by atoms with Gasteiger partial charge in [0.05, 0.1) is 0 Å². The summed E-state index contributed by atoms with van der Waals surface area (Å²) in [6, 6.07) is 0. The zero-order chi connectivity index (χ0) is 8.69.